The van der Waals surface area contributed by atoms with Crippen molar-refractivity contribution >= 4 is 23.1 Å². The number of aliphatic carboxylic acids is 1. The van der Waals surface area contributed by atoms with Gasteiger partial charge in [-0.1, -0.05) is 6.07 Å². The zero-order valence-corrected chi connectivity index (χ0v) is 8.54. The summed E-state index contributed by atoms with van der Waals surface area (Å²) in [5.74, 6) is -0.665. The molecule has 2 rings (SSSR count). The number of rotatable bonds is 3. The fourth-order valence-corrected chi connectivity index (χ4v) is 2.08. The van der Waals surface area contributed by atoms with Gasteiger partial charge < -0.3 is 10.8 Å². The molecule has 0 atom stereocenters. The molecule has 4 N–H and O–H groups in total. The highest BCUT2D eigenvalue weighted by molar-refractivity contribution is 7.13. The van der Waals surface area contributed by atoms with Crippen LogP contribution in [-0.2, 0) is 11.2 Å². The summed E-state index contributed by atoms with van der Waals surface area (Å²) in [5.41, 5.74) is 6.84. The summed E-state index contributed by atoms with van der Waals surface area (Å²) in [4.78, 5) is 11.6. The van der Waals surface area contributed by atoms with E-state index in [1.807, 2.05) is 17.5 Å². The van der Waals surface area contributed by atoms with Crippen LogP contribution < -0.4 is 5.73 Å². The van der Waals surface area contributed by atoms with Gasteiger partial charge in [-0.05, 0) is 11.4 Å². The van der Waals surface area contributed by atoms with Crippen molar-refractivity contribution in [1.82, 2.24) is 10.2 Å². The molecule has 0 fully saturated rings. The predicted octanol–water partition coefficient (Wildman–Crippen LogP) is 1.35. The fraction of sp³-hybridized carbons (Fsp3) is 0.111. The van der Waals surface area contributed by atoms with Crippen molar-refractivity contribution in [2.75, 3.05) is 5.73 Å². The van der Waals surface area contributed by atoms with Crippen molar-refractivity contribution in [3.63, 3.8) is 0 Å². The Bertz CT molecular complexity index is 476. The molecule has 0 radical (unpaired) electrons. The van der Waals surface area contributed by atoms with Gasteiger partial charge in [0.1, 0.15) is 5.82 Å². The standard InChI is InChI=1S/C9H9N3O2S/c10-9-5(4-7(13)14)8(11-12-9)6-2-1-3-15-6/h1-3H,4H2,(H,13,14)(H3,10,11,12). The number of nitrogen functional groups attached to an aromatic ring is 1. The molecule has 2 aromatic heterocycles. The lowest BCUT2D eigenvalue weighted by atomic mass is 10.1. The molecule has 2 heterocycles. The maximum Gasteiger partial charge on any atom is 0.308 e. The highest BCUT2D eigenvalue weighted by atomic mass is 32.1. The molecule has 0 aliphatic heterocycles. The first kappa shape index (κ1) is 9.72. The topological polar surface area (TPSA) is 92.0 Å². The number of aromatic amines is 1. The first-order valence-corrected chi connectivity index (χ1v) is 5.15. The molecule has 0 saturated heterocycles. The van der Waals surface area contributed by atoms with Crippen molar-refractivity contribution < 1.29 is 9.90 Å². The third-order valence-electron chi connectivity index (χ3n) is 1.99. The van der Waals surface area contributed by atoms with Crippen LogP contribution in [0.5, 0.6) is 0 Å². The third kappa shape index (κ3) is 1.84. The normalized spacial score (nSPS) is 10.4. The van der Waals surface area contributed by atoms with Gasteiger partial charge in [0.15, 0.2) is 0 Å². The van der Waals surface area contributed by atoms with Crippen LogP contribution in [0.1, 0.15) is 5.56 Å². The predicted molar refractivity (Wildman–Crippen MR) is 57.7 cm³/mol. The van der Waals surface area contributed by atoms with E-state index in [0.717, 1.165) is 4.88 Å². The Hall–Kier alpha value is -1.82. The van der Waals surface area contributed by atoms with E-state index < -0.39 is 5.97 Å². The van der Waals surface area contributed by atoms with Gasteiger partial charge in [-0.25, -0.2) is 0 Å². The SMILES string of the molecule is Nc1n[nH]c(-c2cccs2)c1CC(=O)O. The molecular formula is C9H9N3O2S. The van der Waals surface area contributed by atoms with E-state index >= 15 is 0 Å². The molecule has 2 aromatic rings. The van der Waals surface area contributed by atoms with Crippen LogP contribution in [0.4, 0.5) is 5.82 Å². The molecule has 5 nitrogen and oxygen atoms in total. The molecule has 0 aliphatic carbocycles. The van der Waals surface area contributed by atoms with Crippen LogP contribution in [0, 0.1) is 0 Å². The van der Waals surface area contributed by atoms with Crippen LogP contribution in [0.15, 0.2) is 17.5 Å². The minimum atomic E-state index is -0.916. The van der Waals surface area contributed by atoms with Crippen molar-refractivity contribution in [2.24, 2.45) is 0 Å². The van der Waals surface area contributed by atoms with E-state index in [9.17, 15) is 4.79 Å². The number of H-pyrrole nitrogens is 1. The summed E-state index contributed by atoms with van der Waals surface area (Å²) < 4.78 is 0. The average molecular weight is 223 g/mol. The maximum absolute atomic E-state index is 10.6. The number of nitrogens with one attached hydrogen (secondary N) is 1. The van der Waals surface area contributed by atoms with Gasteiger partial charge in [-0.15, -0.1) is 11.3 Å². The molecule has 15 heavy (non-hydrogen) atoms. The zero-order valence-electron chi connectivity index (χ0n) is 7.73. The summed E-state index contributed by atoms with van der Waals surface area (Å²) in [7, 11) is 0. The summed E-state index contributed by atoms with van der Waals surface area (Å²) in [6, 6.07) is 3.78. The second-order valence-corrected chi connectivity index (χ2v) is 3.96. The van der Waals surface area contributed by atoms with E-state index in [2.05, 4.69) is 10.2 Å². The second kappa shape index (κ2) is 3.74. The van der Waals surface area contributed by atoms with E-state index in [0.29, 0.717) is 11.3 Å². The molecule has 0 spiro atoms. The second-order valence-electron chi connectivity index (χ2n) is 3.01. The quantitative estimate of drug-likeness (QED) is 0.732. The van der Waals surface area contributed by atoms with E-state index in [1.165, 1.54) is 11.3 Å². The summed E-state index contributed by atoms with van der Waals surface area (Å²) in [5, 5.41) is 17.2. The number of aromatic nitrogens is 2. The molecule has 0 unspecified atom stereocenters. The van der Waals surface area contributed by atoms with Gasteiger partial charge in [0.25, 0.3) is 0 Å². The van der Waals surface area contributed by atoms with Gasteiger partial charge in [0, 0.05) is 5.56 Å². The number of nitrogens with two attached hydrogens (primary N) is 1. The molecular weight excluding hydrogens is 214 g/mol. The number of hydrogen-bond acceptors (Lipinski definition) is 4. The Morgan fingerprint density at radius 3 is 3.07 bits per heavy atom. The zero-order chi connectivity index (χ0) is 10.8. The maximum atomic E-state index is 10.6. The van der Waals surface area contributed by atoms with Crippen LogP contribution >= 0.6 is 11.3 Å². The smallest absolute Gasteiger partial charge is 0.308 e. The number of carboxylic acid groups (broad SMARTS) is 1. The van der Waals surface area contributed by atoms with Crippen molar-refractivity contribution in [2.45, 2.75) is 6.42 Å². The van der Waals surface area contributed by atoms with Gasteiger partial charge in [0.05, 0.1) is 17.0 Å². The molecule has 6 heteroatoms. The van der Waals surface area contributed by atoms with Gasteiger partial charge in [-0.2, -0.15) is 5.10 Å². The number of anilines is 1. The molecule has 78 valence electrons. The Morgan fingerprint density at radius 2 is 2.47 bits per heavy atom. The Labute approximate surface area is 89.6 Å². The van der Waals surface area contributed by atoms with Gasteiger partial charge in [0.2, 0.25) is 0 Å². The number of nitrogens with zero attached hydrogens (tertiary/aromatic N) is 1. The first-order chi connectivity index (χ1) is 7.18. The number of carbonyl (C=O) groups is 1. The lowest BCUT2D eigenvalue weighted by molar-refractivity contribution is -0.136. The lowest BCUT2D eigenvalue weighted by Gasteiger charge is -1.98. The summed E-state index contributed by atoms with van der Waals surface area (Å²) >= 11 is 1.51. The van der Waals surface area contributed by atoms with Crippen LogP contribution in [0.3, 0.4) is 0 Å². The highest BCUT2D eigenvalue weighted by Crippen LogP contribution is 2.29. The Balaban J connectivity index is 2.44. The van der Waals surface area contributed by atoms with Crippen molar-refractivity contribution in [3.8, 4) is 10.6 Å². The number of hydrogen-bond donors (Lipinski definition) is 3. The molecule has 0 aromatic carbocycles. The molecule has 0 aliphatic rings. The minimum absolute atomic E-state index is 0.116. The minimum Gasteiger partial charge on any atom is -0.481 e. The number of thiophene rings is 1. The monoisotopic (exact) mass is 223 g/mol. The molecule has 0 saturated carbocycles. The molecule has 0 amide bonds. The third-order valence-corrected chi connectivity index (χ3v) is 2.88. The Morgan fingerprint density at radius 1 is 1.67 bits per heavy atom. The van der Waals surface area contributed by atoms with Gasteiger partial charge in [-0.3, -0.25) is 9.89 Å². The van der Waals surface area contributed by atoms with E-state index in [4.69, 9.17) is 10.8 Å². The van der Waals surface area contributed by atoms with Crippen molar-refractivity contribution in [1.29, 1.82) is 0 Å². The van der Waals surface area contributed by atoms with Crippen LogP contribution in [0.2, 0.25) is 0 Å². The highest BCUT2D eigenvalue weighted by Gasteiger charge is 2.15. The van der Waals surface area contributed by atoms with Crippen LogP contribution in [0.25, 0.3) is 10.6 Å². The summed E-state index contributed by atoms with van der Waals surface area (Å²) in [6.07, 6.45) is -0.116. The van der Waals surface area contributed by atoms with Gasteiger partial charge >= 0.3 is 5.97 Å². The largest absolute Gasteiger partial charge is 0.481 e. The fourth-order valence-electron chi connectivity index (χ4n) is 1.33. The lowest BCUT2D eigenvalue weighted by Crippen LogP contribution is -2.03. The van der Waals surface area contributed by atoms with Crippen LogP contribution in [-0.4, -0.2) is 21.3 Å². The Kier molecular flexibility index (Phi) is 2.42. The average Bonchev–Trinajstić information content (AvgIpc) is 2.76. The molecule has 0 bridgehead atoms. The van der Waals surface area contributed by atoms with E-state index in [-0.39, 0.29) is 12.2 Å². The summed E-state index contributed by atoms with van der Waals surface area (Å²) in [6.45, 7) is 0. The van der Waals surface area contributed by atoms with Crippen molar-refractivity contribution in [3.05, 3.63) is 23.1 Å². The number of carboxylic acids is 1. The van der Waals surface area contributed by atoms with E-state index in [1.54, 1.807) is 0 Å². The first-order valence-electron chi connectivity index (χ1n) is 4.27.